The number of rotatable bonds is 4. The molecule has 2 nitrogen and oxygen atoms in total. The molecule has 1 aromatic carbocycles. The van der Waals surface area contributed by atoms with Crippen LogP contribution in [0.3, 0.4) is 0 Å². The Morgan fingerprint density at radius 2 is 1.87 bits per heavy atom. The molecule has 0 saturated heterocycles. The number of benzene rings is 1. The maximum absolute atomic E-state index is 9.71. The van der Waals surface area contributed by atoms with Gasteiger partial charge in [0.25, 0.3) is 0 Å². The molecule has 4 heteroatoms. The second kappa shape index (κ2) is 7.44. The third-order valence-electron chi connectivity index (χ3n) is 2.25. The summed E-state index contributed by atoms with van der Waals surface area (Å²) in [5.41, 5.74) is 6.93. The minimum absolute atomic E-state index is 0. The molecule has 1 rings (SSSR count). The molecule has 0 unspecified atom stereocenters. The number of hydrogen-bond donors (Lipinski definition) is 2. The van der Waals surface area contributed by atoms with E-state index in [1.165, 1.54) is 3.57 Å². The molecule has 15 heavy (non-hydrogen) atoms. The molecule has 86 valence electrons. The van der Waals surface area contributed by atoms with Crippen LogP contribution in [0.4, 0.5) is 0 Å². The zero-order valence-electron chi connectivity index (χ0n) is 8.69. The van der Waals surface area contributed by atoms with Gasteiger partial charge in [0.1, 0.15) is 0 Å². The summed E-state index contributed by atoms with van der Waals surface area (Å²) >= 11 is 2.25. The van der Waals surface area contributed by atoms with Gasteiger partial charge in [0.15, 0.2) is 0 Å². The van der Waals surface area contributed by atoms with E-state index >= 15 is 0 Å². The Morgan fingerprint density at radius 1 is 1.33 bits per heavy atom. The second-order valence-electron chi connectivity index (χ2n) is 3.43. The Morgan fingerprint density at radius 3 is 2.33 bits per heavy atom. The number of aliphatic hydroxyl groups excluding tert-OH is 1. The van der Waals surface area contributed by atoms with Crippen molar-refractivity contribution in [1.82, 2.24) is 0 Å². The smallest absolute Gasteiger partial charge is 0.0732 e. The molecule has 1 aromatic rings. The van der Waals surface area contributed by atoms with E-state index in [-0.39, 0.29) is 18.4 Å². The van der Waals surface area contributed by atoms with Gasteiger partial charge in [-0.05, 0) is 46.7 Å². The second-order valence-corrected chi connectivity index (χ2v) is 4.68. The van der Waals surface area contributed by atoms with Crippen molar-refractivity contribution in [2.24, 2.45) is 5.73 Å². The standard InChI is InChI=1S/C11H16INO.ClH/c1-2-3-10(14)11(13)8-4-6-9(12)7-5-8;/h4-7,10-11,14H,2-3,13H2,1H3;1H/t10-,11+;/m0./s1. The van der Waals surface area contributed by atoms with E-state index in [4.69, 9.17) is 5.73 Å². The van der Waals surface area contributed by atoms with Crippen LogP contribution in [0.5, 0.6) is 0 Å². The highest BCUT2D eigenvalue weighted by molar-refractivity contribution is 14.1. The summed E-state index contributed by atoms with van der Waals surface area (Å²) in [4.78, 5) is 0. The largest absolute Gasteiger partial charge is 0.391 e. The zero-order valence-corrected chi connectivity index (χ0v) is 11.7. The molecule has 0 aliphatic heterocycles. The van der Waals surface area contributed by atoms with Crippen LogP contribution in [0, 0.1) is 3.57 Å². The molecular formula is C11H17ClINO. The van der Waals surface area contributed by atoms with E-state index in [9.17, 15) is 5.11 Å². The average Bonchev–Trinajstić information content (AvgIpc) is 2.18. The minimum Gasteiger partial charge on any atom is -0.391 e. The summed E-state index contributed by atoms with van der Waals surface area (Å²) < 4.78 is 1.18. The van der Waals surface area contributed by atoms with Crippen LogP contribution in [-0.2, 0) is 0 Å². The van der Waals surface area contributed by atoms with Gasteiger partial charge in [-0.25, -0.2) is 0 Å². The zero-order chi connectivity index (χ0) is 10.6. The molecule has 0 aromatic heterocycles. The summed E-state index contributed by atoms with van der Waals surface area (Å²) in [7, 11) is 0. The summed E-state index contributed by atoms with van der Waals surface area (Å²) in [6, 6.07) is 7.71. The van der Waals surface area contributed by atoms with Gasteiger partial charge in [-0.2, -0.15) is 0 Å². The molecule has 0 aliphatic carbocycles. The fraction of sp³-hybridized carbons (Fsp3) is 0.455. The maximum atomic E-state index is 9.71. The summed E-state index contributed by atoms with van der Waals surface area (Å²) in [5, 5.41) is 9.71. The lowest BCUT2D eigenvalue weighted by atomic mass is 9.99. The van der Waals surface area contributed by atoms with Crippen LogP contribution < -0.4 is 5.73 Å². The van der Waals surface area contributed by atoms with E-state index in [1.807, 2.05) is 31.2 Å². The average molecular weight is 342 g/mol. The fourth-order valence-corrected chi connectivity index (χ4v) is 1.74. The van der Waals surface area contributed by atoms with E-state index < -0.39 is 6.10 Å². The monoisotopic (exact) mass is 341 g/mol. The van der Waals surface area contributed by atoms with Crippen molar-refractivity contribution in [2.75, 3.05) is 0 Å². The van der Waals surface area contributed by atoms with Crippen LogP contribution in [-0.4, -0.2) is 11.2 Å². The van der Waals surface area contributed by atoms with Crippen molar-refractivity contribution < 1.29 is 5.11 Å². The molecule has 0 fully saturated rings. The maximum Gasteiger partial charge on any atom is 0.0732 e. The predicted octanol–water partition coefficient (Wildman–Crippen LogP) is 2.87. The van der Waals surface area contributed by atoms with E-state index in [2.05, 4.69) is 22.6 Å². The highest BCUT2D eigenvalue weighted by atomic mass is 127. The number of nitrogens with two attached hydrogens (primary N) is 1. The molecule has 0 aliphatic rings. The normalized spacial score (nSPS) is 14.1. The Hall–Kier alpha value is 0.160. The van der Waals surface area contributed by atoms with Crippen LogP contribution >= 0.6 is 35.0 Å². The van der Waals surface area contributed by atoms with Crippen molar-refractivity contribution in [3.05, 3.63) is 33.4 Å². The first-order valence-corrected chi connectivity index (χ1v) is 5.92. The van der Waals surface area contributed by atoms with Crippen LogP contribution in [0.15, 0.2) is 24.3 Å². The molecule has 0 spiro atoms. The summed E-state index contributed by atoms with van der Waals surface area (Å²) in [6.45, 7) is 2.05. The molecule has 0 radical (unpaired) electrons. The Bertz CT molecular complexity index is 278. The molecular weight excluding hydrogens is 324 g/mol. The van der Waals surface area contributed by atoms with E-state index in [0.717, 1.165) is 18.4 Å². The predicted molar refractivity (Wildman–Crippen MR) is 74.3 cm³/mol. The van der Waals surface area contributed by atoms with Gasteiger partial charge in [-0.3, -0.25) is 0 Å². The highest BCUT2D eigenvalue weighted by Gasteiger charge is 2.15. The van der Waals surface area contributed by atoms with Crippen molar-refractivity contribution >= 4 is 35.0 Å². The van der Waals surface area contributed by atoms with Crippen molar-refractivity contribution in [3.8, 4) is 0 Å². The highest BCUT2D eigenvalue weighted by Crippen LogP contribution is 2.18. The summed E-state index contributed by atoms with van der Waals surface area (Å²) in [5.74, 6) is 0. The van der Waals surface area contributed by atoms with Crippen LogP contribution in [0.25, 0.3) is 0 Å². The quantitative estimate of drug-likeness (QED) is 0.827. The van der Waals surface area contributed by atoms with Gasteiger partial charge < -0.3 is 10.8 Å². The van der Waals surface area contributed by atoms with E-state index in [0.29, 0.717) is 0 Å². The molecule has 0 bridgehead atoms. The van der Waals surface area contributed by atoms with Crippen molar-refractivity contribution in [3.63, 3.8) is 0 Å². The molecule has 0 amide bonds. The van der Waals surface area contributed by atoms with Crippen LogP contribution in [0.1, 0.15) is 31.4 Å². The SMILES string of the molecule is CCC[C@H](O)[C@H](N)c1ccc(I)cc1.Cl. The number of halogens is 2. The van der Waals surface area contributed by atoms with Gasteiger partial charge in [0.05, 0.1) is 12.1 Å². The lowest BCUT2D eigenvalue weighted by Crippen LogP contribution is -2.25. The third kappa shape index (κ3) is 4.68. The lowest BCUT2D eigenvalue weighted by Gasteiger charge is -2.18. The topological polar surface area (TPSA) is 46.2 Å². The Labute approximate surface area is 111 Å². The number of aliphatic hydroxyl groups is 1. The first-order chi connectivity index (χ1) is 6.65. The molecule has 3 N–H and O–H groups in total. The molecule has 0 saturated carbocycles. The van der Waals surface area contributed by atoms with Crippen molar-refractivity contribution in [1.29, 1.82) is 0 Å². The lowest BCUT2D eigenvalue weighted by molar-refractivity contribution is 0.134. The Balaban J connectivity index is 0.00000196. The Kier molecular flexibility index (Phi) is 7.52. The molecule has 2 atom stereocenters. The van der Waals surface area contributed by atoms with Gasteiger partial charge in [-0.15, -0.1) is 12.4 Å². The number of hydrogen-bond acceptors (Lipinski definition) is 2. The first kappa shape index (κ1) is 15.2. The summed E-state index contributed by atoms with van der Waals surface area (Å²) in [6.07, 6.45) is 1.28. The van der Waals surface area contributed by atoms with Crippen LogP contribution in [0.2, 0.25) is 0 Å². The van der Waals surface area contributed by atoms with Gasteiger partial charge in [-0.1, -0.05) is 25.5 Å². The minimum atomic E-state index is -0.430. The van der Waals surface area contributed by atoms with Gasteiger partial charge in [0, 0.05) is 3.57 Å². The fourth-order valence-electron chi connectivity index (χ4n) is 1.38. The van der Waals surface area contributed by atoms with Gasteiger partial charge >= 0.3 is 0 Å². The molecule has 0 heterocycles. The van der Waals surface area contributed by atoms with Gasteiger partial charge in [0.2, 0.25) is 0 Å². The third-order valence-corrected chi connectivity index (χ3v) is 2.97. The van der Waals surface area contributed by atoms with E-state index in [1.54, 1.807) is 0 Å². The van der Waals surface area contributed by atoms with Crippen molar-refractivity contribution in [2.45, 2.75) is 31.9 Å². The first-order valence-electron chi connectivity index (χ1n) is 4.84.